The molecule has 4 heterocycles. The summed E-state index contributed by atoms with van der Waals surface area (Å²) in [6, 6.07) is 7.67. The first-order valence-electron chi connectivity index (χ1n) is 11.0. The van der Waals surface area contributed by atoms with E-state index in [1.165, 1.54) is 35.5 Å². The van der Waals surface area contributed by atoms with Crippen molar-refractivity contribution in [1.29, 1.82) is 0 Å². The number of rotatable bonds is 9. The number of nitrogens with zero attached hydrogens (tertiary/aromatic N) is 9. The second kappa shape index (κ2) is 10.5. The Morgan fingerprint density at radius 1 is 1.05 bits per heavy atom. The lowest BCUT2D eigenvalue weighted by Crippen LogP contribution is -2.15. The maximum absolute atomic E-state index is 15.1. The molecule has 0 aliphatic carbocycles. The Labute approximate surface area is 213 Å². The van der Waals surface area contributed by atoms with Gasteiger partial charge < -0.3 is 4.74 Å². The first-order valence-corrected chi connectivity index (χ1v) is 11.4. The van der Waals surface area contributed by atoms with Gasteiger partial charge in [0.05, 0.1) is 34.3 Å². The Balaban J connectivity index is 1.48. The van der Waals surface area contributed by atoms with Crippen LogP contribution in [0.5, 0.6) is 0 Å². The molecular formula is C23H19ClF3N9O. The molecule has 10 nitrogen and oxygen atoms in total. The minimum atomic E-state index is -2.73. The van der Waals surface area contributed by atoms with E-state index in [9.17, 15) is 8.78 Å². The van der Waals surface area contributed by atoms with E-state index in [0.29, 0.717) is 45.9 Å². The Morgan fingerprint density at radius 2 is 1.92 bits per heavy atom. The van der Waals surface area contributed by atoms with Crippen LogP contribution in [0.4, 0.5) is 13.2 Å². The number of alkyl halides is 2. The fourth-order valence-corrected chi connectivity index (χ4v) is 4.07. The SMILES string of the molecule is COCCC(c1ccc(-c2c(-n3cnnn3)ccc(Cl)c2F)cn1)n1cc(-c2ccn(C(F)F)n2)cn1. The zero-order chi connectivity index (χ0) is 25.9. The molecule has 14 heteroatoms. The van der Waals surface area contributed by atoms with Gasteiger partial charge in [-0.3, -0.25) is 9.67 Å². The van der Waals surface area contributed by atoms with Crippen LogP contribution in [0.2, 0.25) is 5.02 Å². The number of benzene rings is 1. The third kappa shape index (κ3) is 4.95. The Kier molecular flexibility index (Phi) is 6.97. The van der Waals surface area contributed by atoms with Crippen LogP contribution in [0.3, 0.4) is 0 Å². The standard InChI is InChI=1S/C23H19ClF3N9O/c1-37-9-7-19(35-12-15(11-30-35)17-6-8-34(31-17)23(26)27)18-4-2-14(10-28-18)21-20(36-13-29-32-33-36)5-3-16(24)22(21)25/h2-6,8,10-13,19,23H,7,9H2,1H3. The van der Waals surface area contributed by atoms with Gasteiger partial charge in [-0.05, 0) is 41.1 Å². The predicted molar refractivity (Wildman–Crippen MR) is 127 cm³/mol. The molecule has 190 valence electrons. The third-order valence-electron chi connectivity index (χ3n) is 5.71. The Bertz CT molecular complexity index is 1490. The average Bonchev–Trinajstić information content (AvgIpc) is 3.68. The number of pyridine rings is 1. The minimum absolute atomic E-state index is 0.0489. The summed E-state index contributed by atoms with van der Waals surface area (Å²) in [7, 11) is 1.58. The summed E-state index contributed by atoms with van der Waals surface area (Å²) < 4.78 is 49.8. The van der Waals surface area contributed by atoms with Crippen LogP contribution in [0.1, 0.15) is 24.7 Å². The van der Waals surface area contributed by atoms with Crippen molar-refractivity contribution in [2.24, 2.45) is 0 Å². The normalized spacial score (nSPS) is 12.4. The minimum Gasteiger partial charge on any atom is -0.385 e. The van der Waals surface area contributed by atoms with Crippen LogP contribution < -0.4 is 0 Å². The van der Waals surface area contributed by atoms with Gasteiger partial charge in [-0.15, -0.1) is 5.10 Å². The molecular weight excluding hydrogens is 511 g/mol. The van der Waals surface area contributed by atoms with E-state index >= 15 is 4.39 Å². The molecule has 0 saturated heterocycles. The van der Waals surface area contributed by atoms with Gasteiger partial charge in [0, 0.05) is 49.0 Å². The van der Waals surface area contributed by atoms with Crippen molar-refractivity contribution in [2.75, 3.05) is 13.7 Å². The zero-order valence-corrected chi connectivity index (χ0v) is 20.0. The van der Waals surface area contributed by atoms with Crippen molar-refractivity contribution in [3.05, 3.63) is 78.0 Å². The van der Waals surface area contributed by atoms with Gasteiger partial charge in [0.15, 0.2) is 5.82 Å². The van der Waals surface area contributed by atoms with Gasteiger partial charge in [-0.1, -0.05) is 17.7 Å². The van der Waals surface area contributed by atoms with Crippen molar-refractivity contribution >= 4 is 11.6 Å². The highest BCUT2D eigenvalue weighted by atomic mass is 35.5. The van der Waals surface area contributed by atoms with Crippen molar-refractivity contribution in [1.82, 2.24) is 44.8 Å². The van der Waals surface area contributed by atoms with Crippen LogP contribution in [-0.4, -0.2) is 58.5 Å². The number of halogens is 4. The van der Waals surface area contributed by atoms with Crippen LogP contribution in [0.25, 0.3) is 28.1 Å². The van der Waals surface area contributed by atoms with Gasteiger partial charge in [0.1, 0.15) is 6.33 Å². The molecule has 0 N–H and O–H groups in total. The summed E-state index contributed by atoms with van der Waals surface area (Å²) in [5, 5.41) is 19.3. The first-order chi connectivity index (χ1) is 18.0. The van der Waals surface area contributed by atoms with Gasteiger partial charge in [0.25, 0.3) is 0 Å². The summed E-state index contributed by atoms with van der Waals surface area (Å²) >= 11 is 6.06. The van der Waals surface area contributed by atoms with Gasteiger partial charge in [0.2, 0.25) is 0 Å². The second-order valence-corrected chi connectivity index (χ2v) is 8.35. The highest BCUT2D eigenvalue weighted by Gasteiger charge is 2.21. The average molecular weight is 530 g/mol. The molecule has 1 aromatic carbocycles. The lowest BCUT2D eigenvalue weighted by Gasteiger charge is -2.18. The fraction of sp³-hybridized carbons (Fsp3) is 0.217. The molecule has 0 bridgehead atoms. The number of hydrogen-bond donors (Lipinski definition) is 0. The molecule has 0 radical (unpaired) electrons. The summed E-state index contributed by atoms with van der Waals surface area (Å²) in [5.74, 6) is -0.625. The molecule has 5 aromatic rings. The largest absolute Gasteiger partial charge is 0.385 e. The van der Waals surface area contributed by atoms with Crippen LogP contribution in [0.15, 0.2) is 61.4 Å². The molecule has 0 amide bonds. The highest BCUT2D eigenvalue weighted by Crippen LogP contribution is 2.34. The van der Waals surface area contributed by atoms with E-state index in [0.717, 1.165) is 0 Å². The smallest absolute Gasteiger partial charge is 0.333 e. The molecule has 0 aliphatic heterocycles. The monoisotopic (exact) mass is 529 g/mol. The summed E-state index contributed by atoms with van der Waals surface area (Å²) in [6.45, 7) is -2.32. The lowest BCUT2D eigenvalue weighted by molar-refractivity contribution is 0.0568. The molecule has 4 aromatic heterocycles. The van der Waals surface area contributed by atoms with Gasteiger partial charge >= 0.3 is 6.55 Å². The molecule has 5 rings (SSSR count). The lowest BCUT2D eigenvalue weighted by atomic mass is 10.0. The molecule has 0 spiro atoms. The quantitative estimate of drug-likeness (QED) is 0.275. The van der Waals surface area contributed by atoms with E-state index in [1.807, 2.05) is 0 Å². The van der Waals surface area contributed by atoms with Crippen molar-refractivity contribution in [3.63, 3.8) is 0 Å². The predicted octanol–water partition coefficient (Wildman–Crippen LogP) is 4.60. The number of methoxy groups -OCH3 is 1. The summed E-state index contributed by atoms with van der Waals surface area (Å²) in [5.41, 5.74) is 2.65. The van der Waals surface area contributed by atoms with E-state index in [1.54, 1.807) is 42.4 Å². The Morgan fingerprint density at radius 3 is 2.59 bits per heavy atom. The number of tetrazole rings is 1. The molecule has 37 heavy (non-hydrogen) atoms. The fourth-order valence-electron chi connectivity index (χ4n) is 3.91. The molecule has 0 aliphatic rings. The summed E-state index contributed by atoms with van der Waals surface area (Å²) in [4.78, 5) is 4.58. The van der Waals surface area contributed by atoms with Gasteiger partial charge in [-0.2, -0.15) is 23.7 Å². The Hall–Kier alpha value is -4.10. The van der Waals surface area contributed by atoms with Gasteiger partial charge in [-0.25, -0.2) is 9.07 Å². The number of ether oxygens (including phenoxy) is 1. The van der Waals surface area contributed by atoms with Crippen LogP contribution in [-0.2, 0) is 4.74 Å². The number of hydrogen-bond acceptors (Lipinski definition) is 7. The highest BCUT2D eigenvalue weighted by molar-refractivity contribution is 6.31. The van der Waals surface area contributed by atoms with E-state index in [-0.39, 0.29) is 16.6 Å². The number of aromatic nitrogens is 9. The molecule has 0 fully saturated rings. The topological polar surface area (TPSA) is 101 Å². The summed E-state index contributed by atoms with van der Waals surface area (Å²) in [6.07, 6.45) is 7.88. The van der Waals surface area contributed by atoms with E-state index < -0.39 is 12.4 Å². The maximum Gasteiger partial charge on any atom is 0.333 e. The molecule has 0 saturated carbocycles. The zero-order valence-electron chi connectivity index (χ0n) is 19.3. The molecule has 1 unspecified atom stereocenters. The second-order valence-electron chi connectivity index (χ2n) is 7.95. The van der Waals surface area contributed by atoms with Crippen LogP contribution in [0, 0.1) is 5.82 Å². The maximum atomic E-state index is 15.1. The van der Waals surface area contributed by atoms with Crippen molar-refractivity contribution in [2.45, 2.75) is 19.0 Å². The van der Waals surface area contributed by atoms with E-state index in [2.05, 4.69) is 30.7 Å². The first kappa shape index (κ1) is 24.6. The van der Waals surface area contributed by atoms with Crippen LogP contribution >= 0.6 is 11.6 Å². The van der Waals surface area contributed by atoms with E-state index in [4.69, 9.17) is 16.3 Å². The van der Waals surface area contributed by atoms with Crippen molar-refractivity contribution in [3.8, 4) is 28.1 Å². The molecule has 1 atom stereocenters. The third-order valence-corrected chi connectivity index (χ3v) is 6.00. The van der Waals surface area contributed by atoms with Crippen molar-refractivity contribution < 1.29 is 17.9 Å².